The number of hydrogen-bond acceptors (Lipinski definition) is 4. The second-order valence-electron chi connectivity index (χ2n) is 5.58. The van der Waals surface area contributed by atoms with Crippen LogP contribution in [0, 0.1) is 0 Å². The molecular weight excluding hydrogens is 268 g/mol. The molecule has 0 saturated carbocycles. The third-order valence-corrected chi connectivity index (χ3v) is 3.85. The molecule has 0 radical (unpaired) electrons. The average Bonchev–Trinajstić information content (AvgIpc) is 2.94. The Bertz CT molecular complexity index is 629. The van der Waals surface area contributed by atoms with Crippen LogP contribution in [0.3, 0.4) is 0 Å². The van der Waals surface area contributed by atoms with Crippen molar-refractivity contribution in [3.63, 3.8) is 0 Å². The number of aliphatic hydroxyl groups excluding tert-OH is 1. The summed E-state index contributed by atoms with van der Waals surface area (Å²) in [4.78, 5) is 23.8. The first kappa shape index (κ1) is 14.0. The van der Waals surface area contributed by atoms with Crippen LogP contribution in [-0.4, -0.2) is 69.6 Å². The Morgan fingerprint density at radius 1 is 1.38 bits per heavy atom. The number of carbonyl (C=O) groups excluding carboxylic acids is 1. The normalized spacial score (nSPS) is 18.1. The van der Waals surface area contributed by atoms with Crippen LogP contribution in [0.4, 0.5) is 0 Å². The molecule has 1 fully saturated rings. The highest BCUT2D eigenvalue weighted by Gasteiger charge is 2.22. The molecule has 0 bridgehead atoms. The monoisotopic (exact) mass is 288 g/mol. The molecule has 1 amide bonds. The standard InChI is InChI=1S/C15H20N4O2/c1-11(20)9-18-4-6-19(7-5-18)15(21)12-2-3-13-14(8-12)17-10-16-13/h2-3,8,10-11,20H,4-7,9H2,1H3,(H,16,17)/t11-/m1/s1. The van der Waals surface area contributed by atoms with Crippen LogP contribution in [0.2, 0.25) is 0 Å². The third kappa shape index (κ3) is 3.06. The van der Waals surface area contributed by atoms with Gasteiger partial charge < -0.3 is 15.0 Å². The fourth-order valence-electron chi connectivity index (χ4n) is 2.76. The molecule has 6 nitrogen and oxygen atoms in total. The highest BCUT2D eigenvalue weighted by molar-refractivity contribution is 5.97. The van der Waals surface area contributed by atoms with E-state index in [1.54, 1.807) is 13.3 Å². The molecule has 112 valence electrons. The second kappa shape index (κ2) is 5.83. The van der Waals surface area contributed by atoms with E-state index >= 15 is 0 Å². The number of benzene rings is 1. The summed E-state index contributed by atoms with van der Waals surface area (Å²) >= 11 is 0. The van der Waals surface area contributed by atoms with E-state index in [9.17, 15) is 9.90 Å². The van der Waals surface area contributed by atoms with Crippen LogP contribution < -0.4 is 0 Å². The third-order valence-electron chi connectivity index (χ3n) is 3.85. The number of H-pyrrole nitrogens is 1. The summed E-state index contributed by atoms with van der Waals surface area (Å²) in [5.41, 5.74) is 2.44. The molecule has 1 saturated heterocycles. The summed E-state index contributed by atoms with van der Waals surface area (Å²) in [6.45, 7) is 5.48. The average molecular weight is 288 g/mol. The summed E-state index contributed by atoms with van der Waals surface area (Å²) in [6.07, 6.45) is 1.31. The van der Waals surface area contributed by atoms with Gasteiger partial charge in [0.15, 0.2) is 0 Å². The van der Waals surface area contributed by atoms with Crippen molar-refractivity contribution in [2.45, 2.75) is 13.0 Å². The van der Waals surface area contributed by atoms with Crippen LogP contribution in [0.15, 0.2) is 24.5 Å². The number of piperazine rings is 1. The molecule has 1 aliphatic rings. The number of nitrogens with one attached hydrogen (secondary N) is 1. The largest absolute Gasteiger partial charge is 0.392 e. The number of aromatic nitrogens is 2. The molecule has 1 atom stereocenters. The van der Waals surface area contributed by atoms with Crippen LogP contribution in [0.5, 0.6) is 0 Å². The highest BCUT2D eigenvalue weighted by atomic mass is 16.3. The zero-order valence-corrected chi connectivity index (χ0v) is 12.1. The Balaban J connectivity index is 1.66. The maximum Gasteiger partial charge on any atom is 0.254 e. The van der Waals surface area contributed by atoms with Gasteiger partial charge >= 0.3 is 0 Å². The van der Waals surface area contributed by atoms with E-state index in [4.69, 9.17) is 0 Å². The van der Waals surface area contributed by atoms with Crippen LogP contribution in [-0.2, 0) is 0 Å². The summed E-state index contributed by atoms with van der Waals surface area (Å²) < 4.78 is 0. The molecule has 0 unspecified atom stereocenters. The Labute approximate surface area is 123 Å². The second-order valence-corrected chi connectivity index (χ2v) is 5.58. The topological polar surface area (TPSA) is 72.5 Å². The van der Waals surface area contributed by atoms with Crippen molar-refractivity contribution < 1.29 is 9.90 Å². The van der Waals surface area contributed by atoms with E-state index in [-0.39, 0.29) is 12.0 Å². The van der Waals surface area contributed by atoms with Crippen molar-refractivity contribution in [3.05, 3.63) is 30.1 Å². The fourth-order valence-corrected chi connectivity index (χ4v) is 2.76. The Morgan fingerprint density at radius 2 is 2.14 bits per heavy atom. The van der Waals surface area contributed by atoms with E-state index in [0.29, 0.717) is 25.2 Å². The Morgan fingerprint density at radius 3 is 2.86 bits per heavy atom. The number of β-amino-alcohol motifs (C(OH)–C–C–N with tert-alkyl or cyclic N) is 1. The van der Waals surface area contributed by atoms with E-state index in [2.05, 4.69) is 14.9 Å². The lowest BCUT2D eigenvalue weighted by Crippen LogP contribution is -2.50. The number of amides is 1. The van der Waals surface area contributed by atoms with Crippen LogP contribution in [0.25, 0.3) is 11.0 Å². The minimum Gasteiger partial charge on any atom is -0.392 e. The van der Waals surface area contributed by atoms with Crippen LogP contribution >= 0.6 is 0 Å². The molecule has 2 N–H and O–H groups in total. The van der Waals surface area contributed by atoms with Crippen molar-refractivity contribution in [2.75, 3.05) is 32.7 Å². The molecule has 6 heteroatoms. The Hall–Kier alpha value is -1.92. The van der Waals surface area contributed by atoms with Crippen LogP contribution in [0.1, 0.15) is 17.3 Å². The van der Waals surface area contributed by atoms with Gasteiger partial charge in [-0.25, -0.2) is 4.98 Å². The summed E-state index contributed by atoms with van der Waals surface area (Å²) in [5.74, 6) is 0.0585. The number of hydrogen-bond donors (Lipinski definition) is 2. The summed E-state index contributed by atoms with van der Waals surface area (Å²) in [5, 5.41) is 9.41. The molecule has 2 heterocycles. The predicted molar refractivity (Wildman–Crippen MR) is 80.1 cm³/mol. The molecule has 1 aromatic carbocycles. The first-order valence-corrected chi connectivity index (χ1v) is 7.26. The van der Waals surface area contributed by atoms with E-state index in [0.717, 1.165) is 24.1 Å². The first-order valence-electron chi connectivity index (χ1n) is 7.26. The minimum atomic E-state index is -0.324. The number of aliphatic hydroxyl groups is 1. The smallest absolute Gasteiger partial charge is 0.254 e. The van der Waals surface area contributed by atoms with E-state index < -0.39 is 0 Å². The fraction of sp³-hybridized carbons (Fsp3) is 0.467. The number of rotatable bonds is 3. The lowest BCUT2D eigenvalue weighted by molar-refractivity contribution is 0.0554. The maximum absolute atomic E-state index is 12.5. The molecule has 0 aliphatic carbocycles. The lowest BCUT2D eigenvalue weighted by Gasteiger charge is -2.35. The molecule has 3 rings (SSSR count). The van der Waals surface area contributed by atoms with Gasteiger partial charge in [-0.1, -0.05) is 0 Å². The van der Waals surface area contributed by atoms with E-state index in [1.165, 1.54) is 0 Å². The van der Waals surface area contributed by atoms with Gasteiger partial charge in [0.2, 0.25) is 0 Å². The predicted octanol–water partition coefficient (Wildman–Crippen LogP) is 0.701. The van der Waals surface area contributed by atoms with E-state index in [1.807, 2.05) is 23.1 Å². The number of carbonyl (C=O) groups is 1. The molecule has 1 aliphatic heterocycles. The van der Waals surface area contributed by atoms with Crippen molar-refractivity contribution in [1.29, 1.82) is 0 Å². The van der Waals surface area contributed by atoms with Gasteiger partial charge in [-0.2, -0.15) is 0 Å². The van der Waals surface area contributed by atoms with Gasteiger partial charge in [0.1, 0.15) is 0 Å². The maximum atomic E-state index is 12.5. The zero-order chi connectivity index (χ0) is 14.8. The highest BCUT2D eigenvalue weighted by Crippen LogP contribution is 2.14. The van der Waals surface area contributed by atoms with Gasteiger partial charge in [-0.3, -0.25) is 9.69 Å². The SMILES string of the molecule is C[C@@H](O)CN1CCN(C(=O)c2ccc3nc[nH]c3c2)CC1. The molecular formula is C15H20N4O2. The number of imidazole rings is 1. The number of nitrogens with zero attached hydrogens (tertiary/aromatic N) is 3. The lowest BCUT2D eigenvalue weighted by atomic mass is 10.1. The first-order chi connectivity index (χ1) is 10.1. The van der Waals surface area contributed by atoms with Gasteiger partial charge in [0.25, 0.3) is 5.91 Å². The molecule has 0 spiro atoms. The quantitative estimate of drug-likeness (QED) is 0.872. The molecule has 1 aromatic heterocycles. The van der Waals surface area contributed by atoms with Gasteiger partial charge in [-0.05, 0) is 25.1 Å². The Kier molecular flexibility index (Phi) is 3.90. The number of aromatic amines is 1. The summed E-state index contributed by atoms with van der Waals surface area (Å²) in [7, 11) is 0. The molecule has 21 heavy (non-hydrogen) atoms. The number of fused-ring (bicyclic) bond motifs is 1. The minimum absolute atomic E-state index is 0.0585. The molecule has 2 aromatic rings. The van der Waals surface area contributed by atoms with Crippen molar-refractivity contribution in [2.24, 2.45) is 0 Å². The summed E-state index contributed by atoms with van der Waals surface area (Å²) in [6, 6.07) is 5.54. The zero-order valence-electron chi connectivity index (χ0n) is 12.1. The van der Waals surface area contributed by atoms with Gasteiger partial charge in [0.05, 0.1) is 23.5 Å². The van der Waals surface area contributed by atoms with Gasteiger partial charge in [-0.15, -0.1) is 0 Å². The van der Waals surface area contributed by atoms with Crippen molar-refractivity contribution in [3.8, 4) is 0 Å². The van der Waals surface area contributed by atoms with Gasteiger partial charge in [0, 0.05) is 38.3 Å². The van der Waals surface area contributed by atoms with Crippen molar-refractivity contribution >= 4 is 16.9 Å². The van der Waals surface area contributed by atoms with Crippen molar-refractivity contribution in [1.82, 2.24) is 19.8 Å².